The summed E-state index contributed by atoms with van der Waals surface area (Å²) in [5, 5.41) is 0. The monoisotopic (exact) mass is 245 g/mol. The standard InChI is InChI=1S/C14H16FN3/c1-10-9-13(11-5-2-3-6-12(11)15)18-14(17-10)7-4-8-16/h2-3,5-6,9H,4,7-8,16H2,1H3. The van der Waals surface area contributed by atoms with Crippen LogP contribution >= 0.6 is 0 Å². The van der Waals surface area contributed by atoms with E-state index in [2.05, 4.69) is 9.97 Å². The van der Waals surface area contributed by atoms with Gasteiger partial charge in [0.15, 0.2) is 0 Å². The van der Waals surface area contributed by atoms with E-state index in [1.165, 1.54) is 6.07 Å². The Kier molecular flexibility index (Phi) is 3.99. The van der Waals surface area contributed by atoms with Gasteiger partial charge in [-0.05, 0) is 38.1 Å². The summed E-state index contributed by atoms with van der Waals surface area (Å²) >= 11 is 0. The van der Waals surface area contributed by atoms with Gasteiger partial charge < -0.3 is 5.73 Å². The number of benzene rings is 1. The number of halogens is 1. The summed E-state index contributed by atoms with van der Waals surface area (Å²) in [6.07, 6.45) is 1.56. The van der Waals surface area contributed by atoms with Gasteiger partial charge >= 0.3 is 0 Å². The number of aryl methyl sites for hydroxylation is 2. The molecule has 0 saturated heterocycles. The van der Waals surface area contributed by atoms with Crippen molar-refractivity contribution in [1.29, 1.82) is 0 Å². The second kappa shape index (κ2) is 5.69. The fraction of sp³-hybridized carbons (Fsp3) is 0.286. The molecule has 2 N–H and O–H groups in total. The number of hydrogen-bond acceptors (Lipinski definition) is 3. The van der Waals surface area contributed by atoms with Crippen LogP contribution in [-0.2, 0) is 6.42 Å². The molecule has 0 saturated carbocycles. The van der Waals surface area contributed by atoms with Crippen LogP contribution in [0.25, 0.3) is 11.3 Å². The molecule has 0 atom stereocenters. The van der Waals surface area contributed by atoms with Crippen molar-refractivity contribution in [2.45, 2.75) is 19.8 Å². The molecule has 0 bridgehead atoms. The molecular formula is C14H16FN3. The predicted octanol–water partition coefficient (Wildman–Crippen LogP) is 2.48. The van der Waals surface area contributed by atoms with Crippen molar-refractivity contribution >= 4 is 0 Å². The van der Waals surface area contributed by atoms with Crippen molar-refractivity contribution in [2.75, 3.05) is 6.54 Å². The summed E-state index contributed by atoms with van der Waals surface area (Å²) in [5.41, 5.74) is 7.46. The summed E-state index contributed by atoms with van der Waals surface area (Å²) in [6, 6.07) is 8.43. The summed E-state index contributed by atoms with van der Waals surface area (Å²) in [4.78, 5) is 8.73. The highest BCUT2D eigenvalue weighted by Gasteiger charge is 2.08. The van der Waals surface area contributed by atoms with Gasteiger partial charge in [0, 0.05) is 17.7 Å². The first-order valence-corrected chi connectivity index (χ1v) is 6.00. The third-order valence-electron chi connectivity index (χ3n) is 2.65. The first kappa shape index (κ1) is 12.6. The minimum absolute atomic E-state index is 0.264. The average molecular weight is 245 g/mol. The zero-order valence-corrected chi connectivity index (χ0v) is 10.4. The highest BCUT2D eigenvalue weighted by atomic mass is 19.1. The number of nitrogens with zero attached hydrogens (tertiary/aromatic N) is 2. The smallest absolute Gasteiger partial charge is 0.132 e. The number of aromatic nitrogens is 2. The highest BCUT2D eigenvalue weighted by molar-refractivity contribution is 5.59. The van der Waals surface area contributed by atoms with Crippen molar-refractivity contribution in [3.63, 3.8) is 0 Å². The van der Waals surface area contributed by atoms with Gasteiger partial charge in [-0.2, -0.15) is 0 Å². The van der Waals surface area contributed by atoms with Crippen molar-refractivity contribution in [3.8, 4) is 11.3 Å². The third kappa shape index (κ3) is 2.90. The molecule has 1 aromatic heterocycles. The Balaban J connectivity index is 2.39. The van der Waals surface area contributed by atoms with Crippen LogP contribution in [0.4, 0.5) is 4.39 Å². The van der Waals surface area contributed by atoms with Crippen LogP contribution in [0.3, 0.4) is 0 Å². The highest BCUT2D eigenvalue weighted by Crippen LogP contribution is 2.21. The van der Waals surface area contributed by atoms with Gasteiger partial charge in [-0.3, -0.25) is 0 Å². The minimum Gasteiger partial charge on any atom is -0.330 e. The zero-order valence-electron chi connectivity index (χ0n) is 10.4. The van der Waals surface area contributed by atoms with Crippen LogP contribution in [0.15, 0.2) is 30.3 Å². The first-order chi connectivity index (χ1) is 8.70. The van der Waals surface area contributed by atoms with Crippen molar-refractivity contribution in [3.05, 3.63) is 47.7 Å². The van der Waals surface area contributed by atoms with Crippen LogP contribution in [0.5, 0.6) is 0 Å². The fourth-order valence-corrected chi connectivity index (χ4v) is 1.81. The molecule has 0 amide bonds. The molecular weight excluding hydrogens is 229 g/mol. The van der Waals surface area contributed by atoms with Crippen LogP contribution in [-0.4, -0.2) is 16.5 Å². The molecule has 94 valence electrons. The lowest BCUT2D eigenvalue weighted by Crippen LogP contribution is -2.05. The molecule has 1 heterocycles. The van der Waals surface area contributed by atoms with E-state index in [9.17, 15) is 4.39 Å². The maximum Gasteiger partial charge on any atom is 0.132 e. The summed E-state index contributed by atoms with van der Waals surface area (Å²) in [7, 11) is 0. The van der Waals surface area contributed by atoms with Gasteiger partial charge in [-0.25, -0.2) is 14.4 Å². The van der Waals surface area contributed by atoms with Gasteiger partial charge in [-0.1, -0.05) is 12.1 Å². The van der Waals surface area contributed by atoms with E-state index in [0.717, 1.165) is 24.4 Å². The largest absolute Gasteiger partial charge is 0.330 e. The van der Waals surface area contributed by atoms with Crippen LogP contribution in [0.2, 0.25) is 0 Å². The summed E-state index contributed by atoms with van der Waals surface area (Å²) in [5.74, 6) is 0.457. The fourth-order valence-electron chi connectivity index (χ4n) is 1.81. The van der Waals surface area contributed by atoms with Crippen LogP contribution in [0, 0.1) is 12.7 Å². The Morgan fingerprint density at radius 2 is 2.00 bits per heavy atom. The summed E-state index contributed by atoms with van der Waals surface area (Å²) < 4.78 is 13.7. The molecule has 0 aliphatic heterocycles. The first-order valence-electron chi connectivity index (χ1n) is 6.00. The maximum atomic E-state index is 13.7. The van der Waals surface area contributed by atoms with Gasteiger partial charge in [0.1, 0.15) is 11.6 Å². The molecule has 3 nitrogen and oxygen atoms in total. The molecule has 0 radical (unpaired) electrons. The Labute approximate surface area is 106 Å². The Hall–Kier alpha value is -1.81. The van der Waals surface area contributed by atoms with Gasteiger partial charge in [0.25, 0.3) is 0 Å². The Morgan fingerprint density at radius 1 is 1.22 bits per heavy atom. The van der Waals surface area contributed by atoms with E-state index in [4.69, 9.17) is 5.73 Å². The molecule has 0 fully saturated rings. The minimum atomic E-state index is -0.264. The normalized spacial score (nSPS) is 10.6. The lowest BCUT2D eigenvalue weighted by molar-refractivity contribution is 0.630. The summed E-state index contributed by atoms with van der Waals surface area (Å²) in [6.45, 7) is 2.49. The van der Waals surface area contributed by atoms with E-state index in [1.54, 1.807) is 24.3 Å². The van der Waals surface area contributed by atoms with Crippen molar-refractivity contribution < 1.29 is 4.39 Å². The molecule has 0 aliphatic carbocycles. The third-order valence-corrected chi connectivity index (χ3v) is 2.65. The number of rotatable bonds is 4. The lowest BCUT2D eigenvalue weighted by atomic mass is 10.1. The van der Waals surface area contributed by atoms with Gasteiger partial charge in [0.2, 0.25) is 0 Å². The van der Waals surface area contributed by atoms with Gasteiger partial charge in [0.05, 0.1) is 5.69 Å². The van der Waals surface area contributed by atoms with E-state index in [-0.39, 0.29) is 5.82 Å². The molecule has 2 rings (SSSR count). The van der Waals surface area contributed by atoms with Crippen LogP contribution < -0.4 is 5.73 Å². The second-order valence-corrected chi connectivity index (χ2v) is 4.18. The number of nitrogens with two attached hydrogens (primary N) is 1. The molecule has 0 spiro atoms. The van der Waals surface area contributed by atoms with E-state index in [0.29, 0.717) is 17.8 Å². The zero-order chi connectivity index (χ0) is 13.0. The van der Waals surface area contributed by atoms with E-state index >= 15 is 0 Å². The van der Waals surface area contributed by atoms with Crippen LogP contribution in [0.1, 0.15) is 17.9 Å². The number of hydrogen-bond donors (Lipinski definition) is 1. The SMILES string of the molecule is Cc1cc(-c2ccccc2F)nc(CCCN)n1. The molecule has 4 heteroatoms. The molecule has 0 aliphatic rings. The Morgan fingerprint density at radius 3 is 2.72 bits per heavy atom. The van der Waals surface area contributed by atoms with E-state index < -0.39 is 0 Å². The van der Waals surface area contributed by atoms with Gasteiger partial charge in [-0.15, -0.1) is 0 Å². The molecule has 18 heavy (non-hydrogen) atoms. The van der Waals surface area contributed by atoms with Crippen molar-refractivity contribution in [2.24, 2.45) is 5.73 Å². The van der Waals surface area contributed by atoms with Crippen molar-refractivity contribution in [1.82, 2.24) is 9.97 Å². The average Bonchev–Trinajstić information content (AvgIpc) is 2.36. The quantitative estimate of drug-likeness (QED) is 0.900. The molecule has 1 aromatic carbocycles. The topological polar surface area (TPSA) is 51.8 Å². The van der Waals surface area contributed by atoms with E-state index in [1.807, 2.05) is 6.92 Å². The Bertz CT molecular complexity index is 540. The predicted molar refractivity (Wildman–Crippen MR) is 69.5 cm³/mol. The molecule has 0 unspecified atom stereocenters. The lowest BCUT2D eigenvalue weighted by Gasteiger charge is -2.06. The maximum absolute atomic E-state index is 13.7. The second-order valence-electron chi connectivity index (χ2n) is 4.18. The molecule has 2 aromatic rings.